The van der Waals surface area contributed by atoms with Crippen LogP contribution in [0.1, 0.15) is 19.4 Å². The molecule has 0 bridgehead atoms. The van der Waals surface area contributed by atoms with Gasteiger partial charge in [0.15, 0.2) is 0 Å². The van der Waals surface area contributed by atoms with Gasteiger partial charge in [-0.15, -0.1) is 0 Å². The number of para-hydroxylation sites is 2. The van der Waals surface area contributed by atoms with Crippen LogP contribution in [0.4, 0.5) is 0 Å². The lowest BCUT2D eigenvalue weighted by Crippen LogP contribution is -2.42. The zero-order valence-electron chi connectivity index (χ0n) is 15.0. The standard InChI is InChI=1S/C20H24N2O4/c1-15(20(24)25)22(13-12-21-16(2)23)14-17-8-6-7-11-19(17)26-18-9-4-3-5-10-18/h3-11,15H,12-14H2,1-2H3,(H,21,23)(H,24,25). The van der Waals surface area contributed by atoms with Gasteiger partial charge in [-0.1, -0.05) is 36.4 Å². The van der Waals surface area contributed by atoms with E-state index in [1.165, 1.54) is 6.92 Å². The van der Waals surface area contributed by atoms with E-state index < -0.39 is 12.0 Å². The summed E-state index contributed by atoms with van der Waals surface area (Å²) in [5.74, 6) is 0.354. The van der Waals surface area contributed by atoms with E-state index in [9.17, 15) is 14.7 Å². The highest BCUT2D eigenvalue weighted by Crippen LogP contribution is 2.26. The van der Waals surface area contributed by atoms with E-state index in [-0.39, 0.29) is 5.91 Å². The van der Waals surface area contributed by atoms with Gasteiger partial charge in [0.2, 0.25) is 5.91 Å². The normalized spacial score (nSPS) is 11.8. The maximum Gasteiger partial charge on any atom is 0.320 e. The maximum atomic E-state index is 11.4. The van der Waals surface area contributed by atoms with Gasteiger partial charge in [0, 0.05) is 32.1 Å². The Bertz CT molecular complexity index is 734. The van der Waals surface area contributed by atoms with E-state index in [2.05, 4.69) is 5.32 Å². The molecule has 0 saturated heterocycles. The minimum atomic E-state index is -0.908. The molecule has 0 radical (unpaired) electrons. The summed E-state index contributed by atoms with van der Waals surface area (Å²) in [6, 6.07) is 16.3. The smallest absolute Gasteiger partial charge is 0.320 e. The molecule has 1 amide bonds. The number of ether oxygens (including phenoxy) is 1. The largest absolute Gasteiger partial charge is 0.480 e. The fourth-order valence-electron chi connectivity index (χ4n) is 2.51. The van der Waals surface area contributed by atoms with Crippen molar-refractivity contribution in [3.63, 3.8) is 0 Å². The number of hydrogen-bond donors (Lipinski definition) is 2. The van der Waals surface area contributed by atoms with Crippen LogP contribution in [-0.4, -0.2) is 41.0 Å². The lowest BCUT2D eigenvalue weighted by Gasteiger charge is -2.27. The molecule has 6 heteroatoms. The molecule has 0 aliphatic carbocycles. The van der Waals surface area contributed by atoms with Crippen molar-refractivity contribution in [2.75, 3.05) is 13.1 Å². The van der Waals surface area contributed by atoms with Crippen LogP contribution >= 0.6 is 0 Å². The third-order valence-corrected chi connectivity index (χ3v) is 4.00. The predicted molar refractivity (Wildman–Crippen MR) is 99.1 cm³/mol. The fourth-order valence-corrected chi connectivity index (χ4v) is 2.51. The molecular weight excluding hydrogens is 332 g/mol. The first-order chi connectivity index (χ1) is 12.5. The number of hydrogen-bond acceptors (Lipinski definition) is 4. The van der Waals surface area contributed by atoms with E-state index in [0.717, 1.165) is 11.3 Å². The zero-order valence-corrected chi connectivity index (χ0v) is 15.0. The predicted octanol–water partition coefficient (Wildman–Crippen LogP) is 2.89. The van der Waals surface area contributed by atoms with Crippen LogP contribution in [0, 0.1) is 0 Å². The molecule has 0 fully saturated rings. The van der Waals surface area contributed by atoms with Crippen molar-refractivity contribution in [1.82, 2.24) is 10.2 Å². The monoisotopic (exact) mass is 356 g/mol. The van der Waals surface area contributed by atoms with Gasteiger partial charge in [-0.2, -0.15) is 0 Å². The van der Waals surface area contributed by atoms with Crippen molar-refractivity contribution in [2.24, 2.45) is 0 Å². The number of nitrogens with zero attached hydrogens (tertiary/aromatic N) is 1. The Morgan fingerprint density at radius 2 is 1.77 bits per heavy atom. The number of aliphatic carboxylic acids is 1. The second kappa shape index (κ2) is 9.58. The van der Waals surface area contributed by atoms with Crippen molar-refractivity contribution in [1.29, 1.82) is 0 Å². The molecule has 0 aromatic heterocycles. The van der Waals surface area contributed by atoms with Gasteiger partial charge in [-0.3, -0.25) is 14.5 Å². The minimum absolute atomic E-state index is 0.138. The fraction of sp³-hybridized carbons (Fsp3) is 0.300. The number of carbonyl (C=O) groups is 2. The Hall–Kier alpha value is -2.86. The Balaban J connectivity index is 2.16. The van der Waals surface area contributed by atoms with Crippen LogP contribution < -0.4 is 10.1 Å². The summed E-state index contributed by atoms with van der Waals surface area (Å²) in [5.41, 5.74) is 0.882. The topological polar surface area (TPSA) is 78.9 Å². The van der Waals surface area contributed by atoms with Crippen molar-refractivity contribution < 1.29 is 19.4 Å². The molecule has 1 atom stereocenters. The number of benzene rings is 2. The van der Waals surface area contributed by atoms with Crippen LogP contribution in [0.5, 0.6) is 11.5 Å². The Morgan fingerprint density at radius 3 is 2.42 bits per heavy atom. The summed E-state index contributed by atoms with van der Waals surface area (Å²) in [6.07, 6.45) is 0. The number of amides is 1. The van der Waals surface area contributed by atoms with Gasteiger partial charge in [0.05, 0.1) is 0 Å². The average molecular weight is 356 g/mol. The second-order valence-corrected chi connectivity index (χ2v) is 5.99. The van der Waals surface area contributed by atoms with Crippen molar-refractivity contribution in [2.45, 2.75) is 26.4 Å². The van der Waals surface area contributed by atoms with Gasteiger partial charge >= 0.3 is 5.97 Å². The van der Waals surface area contributed by atoms with Gasteiger partial charge in [0.25, 0.3) is 0 Å². The lowest BCUT2D eigenvalue weighted by molar-refractivity contribution is -0.142. The summed E-state index contributed by atoms with van der Waals surface area (Å²) >= 11 is 0. The van der Waals surface area contributed by atoms with Crippen LogP contribution in [0.25, 0.3) is 0 Å². The summed E-state index contributed by atoms with van der Waals surface area (Å²) in [6.45, 7) is 4.28. The third-order valence-electron chi connectivity index (χ3n) is 4.00. The average Bonchev–Trinajstić information content (AvgIpc) is 2.62. The first-order valence-electron chi connectivity index (χ1n) is 8.49. The van der Waals surface area contributed by atoms with Gasteiger partial charge < -0.3 is 15.2 Å². The second-order valence-electron chi connectivity index (χ2n) is 5.99. The van der Waals surface area contributed by atoms with E-state index in [1.807, 2.05) is 54.6 Å². The molecule has 2 aromatic carbocycles. The van der Waals surface area contributed by atoms with Crippen LogP contribution in [0.3, 0.4) is 0 Å². The van der Waals surface area contributed by atoms with E-state index in [1.54, 1.807) is 11.8 Å². The Labute approximate surface area is 153 Å². The van der Waals surface area contributed by atoms with Gasteiger partial charge in [0.1, 0.15) is 17.5 Å². The molecule has 2 rings (SSSR count). The van der Waals surface area contributed by atoms with Crippen molar-refractivity contribution >= 4 is 11.9 Å². The highest BCUT2D eigenvalue weighted by Gasteiger charge is 2.21. The number of carboxylic acid groups (broad SMARTS) is 1. The van der Waals surface area contributed by atoms with Crippen molar-refractivity contribution in [3.05, 3.63) is 60.2 Å². The molecule has 0 saturated carbocycles. The molecule has 0 spiro atoms. The van der Waals surface area contributed by atoms with E-state index in [4.69, 9.17) is 4.74 Å². The summed E-state index contributed by atoms with van der Waals surface area (Å²) in [7, 11) is 0. The van der Waals surface area contributed by atoms with Crippen molar-refractivity contribution in [3.8, 4) is 11.5 Å². The molecule has 6 nitrogen and oxygen atoms in total. The number of carboxylic acids is 1. The van der Waals surface area contributed by atoms with Crippen LogP contribution in [0.15, 0.2) is 54.6 Å². The Kier molecular flexibility index (Phi) is 7.17. The lowest BCUT2D eigenvalue weighted by atomic mass is 10.1. The molecule has 138 valence electrons. The van der Waals surface area contributed by atoms with Crippen LogP contribution in [-0.2, 0) is 16.1 Å². The highest BCUT2D eigenvalue weighted by molar-refractivity contribution is 5.73. The third kappa shape index (κ3) is 5.89. The zero-order chi connectivity index (χ0) is 18.9. The summed E-state index contributed by atoms with van der Waals surface area (Å²) < 4.78 is 5.95. The molecule has 2 N–H and O–H groups in total. The quantitative estimate of drug-likeness (QED) is 0.722. The molecule has 26 heavy (non-hydrogen) atoms. The van der Waals surface area contributed by atoms with Crippen LogP contribution in [0.2, 0.25) is 0 Å². The van der Waals surface area contributed by atoms with Gasteiger partial charge in [-0.25, -0.2) is 0 Å². The summed E-state index contributed by atoms with van der Waals surface area (Å²) in [4.78, 5) is 24.3. The number of carbonyl (C=O) groups excluding carboxylic acids is 1. The maximum absolute atomic E-state index is 11.4. The Morgan fingerprint density at radius 1 is 1.12 bits per heavy atom. The first kappa shape index (κ1) is 19.5. The van der Waals surface area contributed by atoms with Gasteiger partial charge in [-0.05, 0) is 25.1 Å². The molecule has 0 heterocycles. The molecule has 2 aromatic rings. The van der Waals surface area contributed by atoms with E-state index >= 15 is 0 Å². The van der Waals surface area contributed by atoms with E-state index in [0.29, 0.717) is 25.4 Å². The number of rotatable bonds is 9. The summed E-state index contributed by atoms with van der Waals surface area (Å²) in [5, 5.41) is 12.1. The molecule has 1 unspecified atom stereocenters. The SMILES string of the molecule is CC(=O)NCCN(Cc1ccccc1Oc1ccccc1)C(C)C(=O)O. The molecule has 0 aliphatic rings. The highest BCUT2D eigenvalue weighted by atomic mass is 16.5. The molecule has 0 aliphatic heterocycles. The molecular formula is C20H24N2O4. The number of nitrogens with one attached hydrogen (secondary N) is 1. The minimum Gasteiger partial charge on any atom is -0.480 e. The first-order valence-corrected chi connectivity index (χ1v) is 8.49.